The number of rotatable bonds is 4. The summed E-state index contributed by atoms with van der Waals surface area (Å²) in [6.45, 7) is 6.76. The van der Waals surface area contributed by atoms with Crippen LogP contribution in [0.2, 0.25) is 0 Å². The maximum atomic E-state index is 5.60. The second-order valence-electron chi connectivity index (χ2n) is 5.16. The van der Waals surface area contributed by atoms with Crippen molar-refractivity contribution >= 4 is 0 Å². The van der Waals surface area contributed by atoms with E-state index in [1.165, 1.54) is 0 Å². The number of hydrogen-bond acceptors (Lipinski definition) is 6. The highest BCUT2D eigenvalue weighted by Gasteiger charge is 2.15. The molecule has 2 aromatic rings. The summed E-state index contributed by atoms with van der Waals surface area (Å²) in [4.78, 5) is 4.10. The molecule has 1 N–H and O–H groups in total. The van der Waals surface area contributed by atoms with E-state index in [4.69, 9.17) is 9.15 Å². The Bertz CT molecular complexity index is 546. The standard InChI is InChI=1S/C13H18N4O2/c1-13(2,3)15-8-10-16-17-12(19-10)9-6-5-7-14-11(9)18-4/h5-7,15H,8H2,1-4H3. The molecule has 19 heavy (non-hydrogen) atoms. The summed E-state index contributed by atoms with van der Waals surface area (Å²) in [5.74, 6) is 1.42. The van der Waals surface area contributed by atoms with Crippen LogP contribution in [0.4, 0.5) is 0 Å². The first kappa shape index (κ1) is 13.5. The smallest absolute Gasteiger partial charge is 0.253 e. The minimum absolute atomic E-state index is 0.000621. The van der Waals surface area contributed by atoms with Crippen LogP contribution in [0.15, 0.2) is 22.7 Å². The van der Waals surface area contributed by atoms with Crippen molar-refractivity contribution in [1.82, 2.24) is 20.5 Å². The van der Waals surface area contributed by atoms with Crippen molar-refractivity contribution < 1.29 is 9.15 Å². The average molecular weight is 262 g/mol. The van der Waals surface area contributed by atoms with Gasteiger partial charge in [0.15, 0.2) is 0 Å². The van der Waals surface area contributed by atoms with E-state index in [1.54, 1.807) is 19.4 Å². The fourth-order valence-corrected chi connectivity index (χ4v) is 1.49. The molecule has 2 rings (SSSR count). The topological polar surface area (TPSA) is 73.1 Å². The Labute approximate surface area is 112 Å². The monoisotopic (exact) mass is 262 g/mol. The Balaban J connectivity index is 2.17. The lowest BCUT2D eigenvalue weighted by Crippen LogP contribution is -2.35. The summed E-state index contributed by atoms with van der Waals surface area (Å²) in [6, 6.07) is 3.63. The van der Waals surface area contributed by atoms with Crippen molar-refractivity contribution in [2.75, 3.05) is 7.11 Å². The molecule has 0 aliphatic carbocycles. The van der Waals surface area contributed by atoms with E-state index in [-0.39, 0.29) is 5.54 Å². The highest BCUT2D eigenvalue weighted by Crippen LogP contribution is 2.26. The summed E-state index contributed by atoms with van der Waals surface area (Å²) in [5.41, 5.74) is 0.695. The Morgan fingerprint density at radius 3 is 2.79 bits per heavy atom. The summed E-state index contributed by atoms with van der Waals surface area (Å²) in [7, 11) is 1.56. The molecule has 6 heteroatoms. The van der Waals surface area contributed by atoms with Gasteiger partial charge in [0.1, 0.15) is 5.56 Å². The summed E-state index contributed by atoms with van der Waals surface area (Å²) >= 11 is 0. The third-order valence-corrected chi connectivity index (χ3v) is 2.43. The first-order chi connectivity index (χ1) is 8.99. The van der Waals surface area contributed by atoms with Crippen LogP contribution in [0.3, 0.4) is 0 Å². The number of aromatic nitrogens is 3. The van der Waals surface area contributed by atoms with Crippen molar-refractivity contribution in [3.63, 3.8) is 0 Å². The van der Waals surface area contributed by atoms with E-state index >= 15 is 0 Å². The second-order valence-corrected chi connectivity index (χ2v) is 5.16. The molecule has 0 unspecified atom stereocenters. The van der Waals surface area contributed by atoms with Crippen molar-refractivity contribution in [2.45, 2.75) is 32.9 Å². The molecule has 0 fully saturated rings. The number of ether oxygens (including phenoxy) is 1. The lowest BCUT2D eigenvalue weighted by molar-refractivity contribution is 0.380. The fraction of sp³-hybridized carbons (Fsp3) is 0.462. The molecule has 0 aliphatic heterocycles. The van der Waals surface area contributed by atoms with Crippen LogP contribution >= 0.6 is 0 Å². The minimum Gasteiger partial charge on any atom is -0.480 e. The molecule has 0 saturated heterocycles. The van der Waals surface area contributed by atoms with Gasteiger partial charge in [0.2, 0.25) is 11.8 Å². The van der Waals surface area contributed by atoms with Gasteiger partial charge in [-0.2, -0.15) is 0 Å². The first-order valence-corrected chi connectivity index (χ1v) is 6.06. The van der Waals surface area contributed by atoms with E-state index in [0.29, 0.717) is 29.8 Å². The van der Waals surface area contributed by atoms with Crippen LogP contribution in [-0.4, -0.2) is 27.8 Å². The van der Waals surface area contributed by atoms with Crippen molar-refractivity contribution in [1.29, 1.82) is 0 Å². The zero-order valence-corrected chi connectivity index (χ0v) is 11.6. The molecule has 2 aromatic heterocycles. The van der Waals surface area contributed by atoms with Gasteiger partial charge in [0.05, 0.1) is 13.7 Å². The van der Waals surface area contributed by atoms with E-state index in [2.05, 4.69) is 41.3 Å². The van der Waals surface area contributed by atoms with E-state index in [1.807, 2.05) is 6.07 Å². The van der Waals surface area contributed by atoms with Gasteiger partial charge >= 0.3 is 0 Å². The Morgan fingerprint density at radius 2 is 2.11 bits per heavy atom. The fourth-order valence-electron chi connectivity index (χ4n) is 1.49. The SMILES string of the molecule is COc1ncccc1-c1nnc(CNC(C)(C)C)o1. The molecular weight excluding hydrogens is 244 g/mol. The largest absolute Gasteiger partial charge is 0.480 e. The predicted molar refractivity (Wildman–Crippen MR) is 70.7 cm³/mol. The molecule has 2 heterocycles. The highest BCUT2D eigenvalue weighted by atomic mass is 16.5. The average Bonchev–Trinajstić information content (AvgIpc) is 2.84. The third kappa shape index (κ3) is 3.51. The maximum Gasteiger partial charge on any atom is 0.253 e. The van der Waals surface area contributed by atoms with Crippen LogP contribution in [0.1, 0.15) is 26.7 Å². The predicted octanol–water partition coefficient (Wildman–Crippen LogP) is 2.03. The van der Waals surface area contributed by atoms with Gasteiger partial charge in [-0.05, 0) is 32.9 Å². The van der Waals surface area contributed by atoms with Crippen molar-refractivity contribution in [3.8, 4) is 17.3 Å². The molecular formula is C13H18N4O2. The van der Waals surface area contributed by atoms with Crippen LogP contribution in [0.5, 0.6) is 5.88 Å². The molecule has 0 bridgehead atoms. The normalized spacial score (nSPS) is 11.6. The highest BCUT2D eigenvalue weighted by molar-refractivity contribution is 5.59. The number of methoxy groups -OCH3 is 1. The summed E-state index contributed by atoms with van der Waals surface area (Å²) < 4.78 is 10.8. The molecule has 0 saturated carbocycles. The quantitative estimate of drug-likeness (QED) is 0.908. The molecule has 0 aliphatic rings. The molecule has 0 spiro atoms. The van der Waals surface area contributed by atoms with E-state index in [0.717, 1.165) is 0 Å². The van der Waals surface area contributed by atoms with Gasteiger partial charge in [0.25, 0.3) is 5.89 Å². The van der Waals surface area contributed by atoms with Crippen molar-refractivity contribution in [2.24, 2.45) is 0 Å². The van der Waals surface area contributed by atoms with Gasteiger partial charge in [0, 0.05) is 11.7 Å². The molecule has 0 amide bonds. The van der Waals surface area contributed by atoms with Crippen LogP contribution in [-0.2, 0) is 6.54 Å². The number of nitrogens with zero attached hydrogens (tertiary/aromatic N) is 3. The van der Waals surface area contributed by atoms with Gasteiger partial charge < -0.3 is 14.5 Å². The van der Waals surface area contributed by atoms with Crippen LogP contribution < -0.4 is 10.1 Å². The maximum absolute atomic E-state index is 5.60. The second kappa shape index (κ2) is 5.36. The molecule has 6 nitrogen and oxygen atoms in total. The minimum atomic E-state index is 0.000621. The first-order valence-electron chi connectivity index (χ1n) is 6.06. The number of pyridine rings is 1. The third-order valence-electron chi connectivity index (χ3n) is 2.43. The molecule has 0 aromatic carbocycles. The lowest BCUT2D eigenvalue weighted by atomic mass is 10.1. The van der Waals surface area contributed by atoms with E-state index in [9.17, 15) is 0 Å². The molecule has 0 radical (unpaired) electrons. The van der Waals surface area contributed by atoms with E-state index < -0.39 is 0 Å². The van der Waals surface area contributed by atoms with Crippen LogP contribution in [0, 0.1) is 0 Å². The Kier molecular flexibility index (Phi) is 3.80. The zero-order valence-electron chi connectivity index (χ0n) is 11.6. The zero-order chi connectivity index (χ0) is 13.9. The van der Waals surface area contributed by atoms with Crippen molar-refractivity contribution in [3.05, 3.63) is 24.2 Å². The lowest BCUT2D eigenvalue weighted by Gasteiger charge is -2.18. The van der Waals surface area contributed by atoms with Gasteiger partial charge in [-0.1, -0.05) is 0 Å². The number of nitrogens with one attached hydrogen (secondary N) is 1. The van der Waals surface area contributed by atoms with Gasteiger partial charge in [-0.3, -0.25) is 0 Å². The molecule has 102 valence electrons. The Hall–Kier alpha value is -1.95. The Morgan fingerprint density at radius 1 is 1.32 bits per heavy atom. The van der Waals surface area contributed by atoms with Crippen LogP contribution in [0.25, 0.3) is 11.5 Å². The summed E-state index contributed by atoms with van der Waals surface area (Å²) in [5, 5.41) is 11.3. The number of hydrogen-bond donors (Lipinski definition) is 1. The van der Waals surface area contributed by atoms with Gasteiger partial charge in [-0.25, -0.2) is 4.98 Å². The van der Waals surface area contributed by atoms with Gasteiger partial charge in [-0.15, -0.1) is 10.2 Å². The molecule has 0 atom stereocenters. The summed E-state index contributed by atoms with van der Waals surface area (Å²) in [6.07, 6.45) is 1.65.